The summed E-state index contributed by atoms with van der Waals surface area (Å²) < 4.78 is 89.5. The van der Waals surface area contributed by atoms with E-state index in [9.17, 15) is 27.6 Å². The van der Waals surface area contributed by atoms with Crippen LogP contribution in [0, 0.1) is 18.6 Å². The van der Waals surface area contributed by atoms with E-state index in [0.29, 0.717) is 5.56 Å². The van der Waals surface area contributed by atoms with E-state index >= 15 is 4.39 Å². The van der Waals surface area contributed by atoms with E-state index in [2.05, 4.69) is 0 Å². The van der Waals surface area contributed by atoms with Gasteiger partial charge in [-0.3, -0.25) is 9.42 Å². The maximum Gasteiger partial charge on any atom is 0.416 e. The number of aliphatic carboxylic acids is 1. The fourth-order valence-corrected chi connectivity index (χ4v) is 4.64. The van der Waals surface area contributed by atoms with Gasteiger partial charge in [-0.2, -0.15) is 23.0 Å². The van der Waals surface area contributed by atoms with Crippen LogP contribution < -0.4 is 4.74 Å². The van der Waals surface area contributed by atoms with Crippen LogP contribution in [-0.4, -0.2) is 44.7 Å². The van der Waals surface area contributed by atoms with Gasteiger partial charge in [0.15, 0.2) is 17.3 Å². The molecule has 0 saturated carbocycles. The highest BCUT2D eigenvalue weighted by Gasteiger charge is 2.35. The molecule has 0 spiro atoms. The molecule has 14 heteroatoms. The molecule has 1 heterocycles. The lowest BCUT2D eigenvalue weighted by molar-refractivity contribution is -0.156. The number of hydrogen-bond acceptors (Lipinski definition) is 6. The lowest BCUT2D eigenvalue weighted by atomic mass is 10.1. The number of methoxy groups -OCH3 is 1. The first kappa shape index (κ1) is 32.4. The zero-order valence-corrected chi connectivity index (χ0v) is 23.7. The fourth-order valence-electron chi connectivity index (χ4n) is 4.64. The summed E-state index contributed by atoms with van der Waals surface area (Å²) in [5, 5.41) is 20.8. The number of hydrogen-bond donors (Lipinski definition) is 2. The Kier molecular flexibility index (Phi) is 10.2. The molecule has 0 fully saturated rings. The number of nitrogens with zero attached hydrogens (tertiary/aromatic N) is 3. The molecule has 3 aromatic carbocycles. The molecule has 0 saturated heterocycles. The number of rotatable bonds is 12. The number of alkyl halides is 3. The highest BCUT2D eigenvalue weighted by Crippen LogP contribution is 2.35. The minimum absolute atomic E-state index is 0.0170. The van der Waals surface area contributed by atoms with E-state index < -0.39 is 47.5 Å². The van der Waals surface area contributed by atoms with Gasteiger partial charge in [-0.15, -0.1) is 0 Å². The zero-order chi connectivity index (χ0) is 32.0. The van der Waals surface area contributed by atoms with Crippen LogP contribution in [0.5, 0.6) is 5.75 Å². The lowest BCUT2D eigenvalue weighted by Crippen LogP contribution is -2.30. The van der Waals surface area contributed by atoms with Gasteiger partial charge in [0.25, 0.3) is 0 Å². The van der Waals surface area contributed by atoms with Gasteiger partial charge in [0.1, 0.15) is 12.4 Å². The molecule has 0 aliphatic carbocycles. The van der Waals surface area contributed by atoms with E-state index in [1.165, 1.54) is 32.2 Å². The second-order valence-electron chi connectivity index (χ2n) is 9.81. The van der Waals surface area contributed by atoms with Crippen molar-refractivity contribution in [3.63, 3.8) is 0 Å². The van der Waals surface area contributed by atoms with Crippen molar-refractivity contribution >= 4 is 5.97 Å². The molecule has 0 aliphatic rings. The monoisotopic (exact) mass is 623 g/mol. The summed E-state index contributed by atoms with van der Waals surface area (Å²) in [5.41, 5.74) is -1.49. The van der Waals surface area contributed by atoms with Crippen LogP contribution in [0.1, 0.15) is 41.3 Å². The van der Waals surface area contributed by atoms with Crippen LogP contribution in [0.4, 0.5) is 22.0 Å². The van der Waals surface area contributed by atoms with Gasteiger partial charge < -0.3 is 19.6 Å². The number of carbonyl (C=O) groups is 1. The second kappa shape index (κ2) is 13.8. The molecule has 44 heavy (non-hydrogen) atoms. The molecule has 4 rings (SSSR count). The van der Waals surface area contributed by atoms with Gasteiger partial charge in [-0.25, -0.2) is 8.78 Å². The van der Waals surface area contributed by atoms with Crippen molar-refractivity contribution in [1.29, 1.82) is 0 Å². The van der Waals surface area contributed by atoms with Gasteiger partial charge in [-0.1, -0.05) is 42.5 Å². The molecule has 1 aromatic heterocycles. The standard InChI is InChI=1S/C30H30F5N3O6/c1-19-29(21-11-6-14-26(42-2)28(21)32)43-38(44-37(19)17-22-23(30(33,34)35)12-7-13-24(22)31)18-25(20-9-4-3-5-10-20)36(41)16-8-15-27(39)40/h3-7,9-14,25,41H,8,15-18H2,1-2H3,(H,39,40)/t25-/m0/s1. The largest absolute Gasteiger partial charge is 0.494 e. The van der Waals surface area contributed by atoms with E-state index in [1.807, 2.05) is 0 Å². The van der Waals surface area contributed by atoms with Crippen LogP contribution >= 0.6 is 0 Å². The first-order valence-corrected chi connectivity index (χ1v) is 13.4. The van der Waals surface area contributed by atoms with Crippen molar-refractivity contribution in [2.45, 2.75) is 45.1 Å². The molecule has 1 atom stereocenters. The van der Waals surface area contributed by atoms with E-state index in [1.54, 1.807) is 30.3 Å². The third kappa shape index (κ3) is 7.50. The molecule has 236 valence electrons. The highest BCUT2D eigenvalue weighted by atomic mass is 19.4. The summed E-state index contributed by atoms with van der Waals surface area (Å²) in [6, 6.07) is 14.4. The number of carboxylic acids is 1. The Morgan fingerprint density at radius 1 is 1.05 bits per heavy atom. The smallest absolute Gasteiger partial charge is 0.416 e. The number of ether oxygens (including phenoxy) is 1. The molecule has 0 aliphatic heterocycles. The zero-order valence-electron chi connectivity index (χ0n) is 23.7. The van der Waals surface area contributed by atoms with Crippen LogP contribution in [0.25, 0.3) is 11.3 Å². The first-order valence-electron chi connectivity index (χ1n) is 13.4. The Morgan fingerprint density at radius 2 is 1.75 bits per heavy atom. The topological polar surface area (TPSA) is 106 Å². The first-order chi connectivity index (χ1) is 20.9. The second-order valence-corrected chi connectivity index (χ2v) is 9.81. The van der Waals surface area contributed by atoms with Gasteiger partial charge >= 0.3 is 12.1 Å². The lowest BCUT2D eigenvalue weighted by Gasteiger charge is -2.27. The van der Waals surface area contributed by atoms with Crippen molar-refractivity contribution in [2.75, 3.05) is 13.7 Å². The number of aromatic nitrogens is 2. The van der Waals surface area contributed by atoms with E-state index in [4.69, 9.17) is 19.0 Å². The number of hydroxylamine groups is 2. The molecule has 2 N–H and O–H groups in total. The Morgan fingerprint density at radius 3 is 2.41 bits per heavy atom. The summed E-state index contributed by atoms with van der Waals surface area (Å²) >= 11 is 0. The predicted octanol–water partition coefficient (Wildman–Crippen LogP) is 7.23. The Hall–Kier alpha value is -4.56. The maximum absolute atomic E-state index is 15.4. The third-order valence-electron chi connectivity index (χ3n) is 6.88. The summed E-state index contributed by atoms with van der Waals surface area (Å²) in [6.07, 6.45) is -5.00. The Bertz CT molecular complexity index is 1620. The average Bonchev–Trinajstić information content (AvgIpc) is 2.98. The highest BCUT2D eigenvalue weighted by molar-refractivity contribution is 5.66. The molecule has 4 aromatic rings. The molecule has 0 radical (unpaired) electrons. The third-order valence-corrected chi connectivity index (χ3v) is 6.88. The van der Waals surface area contributed by atoms with E-state index in [0.717, 1.165) is 32.9 Å². The molecule has 9 nitrogen and oxygen atoms in total. The fraction of sp³-hybridized carbons (Fsp3) is 0.300. The number of halogens is 5. The molecular weight excluding hydrogens is 593 g/mol. The van der Waals surface area contributed by atoms with Crippen LogP contribution in [0.15, 0.2) is 75.9 Å². The van der Waals surface area contributed by atoms with Crippen LogP contribution in [0.3, 0.4) is 0 Å². The molecule has 0 bridgehead atoms. The summed E-state index contributed by atoms with van der Waals surface area (Å²) in [7, 11) is 1.26. The van der Waals surface area contributed by atoms with Crippen molar-refractivity contribution in [1.82, 2.24) is 14.7 Å². The van der Waals surface area contributed by atoms with Crippen molar-refractivity contribution in [3.05, 3.63) is 101 Å². The Labute approximate surface area is 248 Å². The minimum Gasteiger partial charge on any atom is -0.494 e. The number of benzene rings is 3. The maximum atomic E-state index is 15.4. The SMILES string of the molecule is COc1cccc(-c2on(C[C@@H](c3ccccc3)N(O)CCCC(=O)O)on(Cc3c(F)cccc3C(F)(F)F)c2C)c1F. The van der Waals surface area contributed by atoms with Crippen molar-refractivity contribution in [3.8, 4) is 17.1 Å². The van der Waals surface area contributed by atoms with E-state index in [-0.39, 0.29) is 48.7 Å². The summed E-state index contributed by atoms with van der Waals surface area (Å²) in [6.45, 7) is 0.272. The van der Waals surface area contributed by atoms with Gasteiger partial charge in [-0.05, 0) is 48.1 Å². The Balaban J connectivity index is 1.86. The minimum atomic E-state index is -4.88. The van der Waals surface area contributed by atoms with Gasteiger partial charge in [0, 0.05) is 18.5 Å². The van der Waals surface area contributed by atoms with Crippen molar-refractivity contribution < 1.29 is 50.9 Å². The van der Waals surface area contributed by atoms with Gasteiger partial charge in [0.2, 0.25) is 0 Å². The predicted molar refractivity (Wildman–Crippen MR) is 146 cm³/mol. The summed E-state index contributed by atoms with van der Waals surface area (Å²) in [4.78, 5) is 11.8. The molecule has 0 unspecified atom stereocenters. The quantitative estimate of drug-likeness (QED) is 0.127. The van der Waals surface area contributed by atoms with Crippen molar-refractivity contribution in [2.24, 2.45) is 0 Å². The normalized spacial score (nSPS) is 12.4. The molecular formula is C30H30F5N3O6. The molecule has 0 amide bonds. The summed E-state index contributed by atoms with van der Waals surface area (Å²) in [5.74, 6) is -3.31. The average molecular weight is 624 g/mol. The van der Waals surface area contributed by atoms with Crippen LogP contribution in [-0.2, 0) is 24.1 Å². The van der Waals surface area contributed by atoms with Gasteiger partial charge in [0.05, 0.1) is 36.5 Å². The number of carboxylic acid groups (broad SMARTS) is 1. The van der Waals surface area contributed by atoms with Crippen LogP contribution in [0.2, 0.25) is 0 Å².